The van der Waals surface area contributed by atoms with Crippen LogP contribution < -0.4 is 15.5 Å². The fraction of sp³-hybridized carbons (Fsp3) is 0.190. The van der Waals surface area contributed by atoms with Crippen LogP contribution in [0.15, 0.2) is 60.3 Å². The van der Waals surface area contributed by atoms with Gasteiger partial charge in [0.1, 0.15) is 11.6 Å². The highest BCUT2D eigenvalue weighted by molar-refractivity contribution is 6.07. The molecule has 0 unspecified atom stereocenters. The van der Waals surface area contributed by atoms with Gasteiger partial charge < -0.3 is 25.4 Å². The molecule has 0 radical (unpaired) electrons. The number of morpholine rings is 1. The molecule has 3 rings (SSSR count). The van der Waals surface area contributed by atoms with Crippen molar-refractivity contribution in [2.24, 2.45) is 0 Å². The molecule has 0 atom stereocenters. The van der Waals surface area contributed by atoms with E-state index in [1.807, 2.05) is 30.3 Å². The minimum atomic E-state index is -1.05. The van der Waals surface area contributed by atoms with Crippen molar-refractivity contribution in [2.45, 2.75) is 0 Å². The van der Waals surface area contributed by atoms with Crippen LogP contribution in [-0.4, -0.2) is 43.3 Å². The minimum absolute atomic E-state index is 0.107. The Morgan fingerprint density at radius 1 is 1.10 bits per heavy atom. The molecule has 1 amide bonds. The van der Waals surface area contributed by atoms with Crippen LogP contribution in [0.5, 0.6) is 0 Å². The molecular formula is C21H20N4O4. The molecule has 148 valence electrons. The summed E-state index contributed by atoms with van der Waals surface area (Å²) in [5.74, 6) is -1.64. The monoisotopic (exact) mass is 392 g/mol. The lowest BCUT2D eigenvalue weighted by Gasteiger charge is -2.30. The number of rotatable bonds is 6. The molecule has 0 spiro atoms. The number of ether oxygens (including phenoxy) is 1. The average molecular weight is 392 g/mol. The summed E-state index contributed by atoms with van der Waals surface area (Å²) >= 11 is 0. The van der Waals surface area contributed by atoms with Crippen molar-refractivity contribution in [2.75, 3.05) is 41.8 Å². The summed E-state index contributed by atoms with van der Waals surface area (Å²) in [5.41, 5.74) is 2.15. The Balaban J connectivity index is 1.71. The van der Waals surface area contributed by atoms with Crippen LogP contribution >= 0.6 is 0 Å². The van der Waals surface area contributed by atoms with E-state index in [4.69, 9.17) is 9.84 Å². The molecular weight excluding hydrogens is 372 g/mol. The number of benzene rings is 2. The predicted molar refractivity (Wildman–Crippen MR) is 109 cm³/mol. The second-order valence-corrected chi connectivity index (χ2v) is 6.27. The van der Waals surface area contributed by atoms with E-state index in [1.165, 1.54) is 30.5 Å². The smallest absolute Gasteiger partial charge is 0.335 e. The number of hydrogen-bond donors (Lipinski definition) is 3. The van der Waals surface area contributed by atoms with E-state index >= 15 is 0 Å². The van der Waals surface area contributed by atoms with Gasteiger partial charge in [0, 0.05) is 25.0 Å². The van der Waals surface area contributed by atoms with Gasteiger partial charge in [0.2, 0.25) is 0 Å². The predicted octanol–water partition coefficient (Wildman–Crippen LogP) is 2.68. The van der Waals surface area contributed by atoms with E-state index in [0.29, 0.717) is 18.9 Å². The fourth-order valence-corrected chi connectivity index (χ4v) is 2.87. The van der Waals surface area contributed by atoms with Crippen LogP contribution in [0.3, 0.4) is 0 Å². The largest absolute Gasteiger partial charge is 0.478 e. The van der Waals surface area contributed by atoms with Gasteiger partial charge in [0.15, 0.2) is 0 Å². The Hall–Kier alpha value is -3.83. The number of carboxylic acids is 1. The Kier molecular flexibility index (Phi) is 6.45. The van der Waals surface area contributed by atoms with E-state index in [1.54, 1.807) is 0 Å². The van der Waals surface area contributed by atoms with E-state index in [9.17, 15) is 14.9 Å². The van der Waals surface area contributed by atoms with Gasteiger partial charge in [0.25, 0.3) is 5.91 Å². The first-order valence-corrected chi connectivity index (χ1v) is 9.01. The number of amides is 1. The second-order valence-electron chi connectivity index (χ2n) is 6.27. The van der Waals surface area contributed by atoms with Crippen LogP contribution in [0.1, 0.15) is 10.4 Å². The van der Waals surface area contributed by atoms with Crippen LogP contribution in [0.2, 0.25) is 0 Å². The number of anilines is 3. The zero-order chi connectivity index (χ0) is 20.6. The highest BCUT2D eigenvalue weighted by atomic mass is 16.5. The summed E-state index contributed by atoms with van der Waals surface area (Å²) in [6.45, 7) is 2.83. The molecule has 0 saturated carbocycles. The van der Waals surface area contributed by atoms with Crippen molar-refractivity contribution in [3.8, 4) is 6.07 Å². The number of nitrogens with zero attached hydrogens (tertiary/aromatic N) is 2. The lowest BCUT2D eigenvalue weighted by molar-refractivity contribution is -0.112. The number of hydrogen-bond acceptors (Lipinski definition) is 6. The van der Waals surface area contributed by atoms with Crippen molar-refractivity contribution in [3.05, 3.63) is 65.9 Å². The molecule has 2 aromatic carbocycles. The first-order valence-electron chi connectivity index (χ1n) is 9.01. The highest BCUT2D eigenvalue weighted by Crippen LogP contribution is 2.26. The normalized spacial score (nSPS) is 14.0. The molecule has 1 saturated heterocycles. The average Bonchev–Trinajstić information content (AvgIpc) is 2.75. The van der Waals surface area contributed by atoms with Crippen molar-refractivity contribution < 1.29 is 19.4 Å². The quantitative estimate of drug-likeness (QED) is 0.511. The lowest BCUT2D eigenvalue weighted by Crippen LogP contribution is -2.36. The summed E-state index contributed by atoms with van der Waals surface area (Å²) in [6.07, 6.45) is 1.36. The van der Waals surface area contributed by atoms with E-state index < -0.39 is 11.9 Å². The standard InChI is InChI=1S/C21H20N4O4/c22-13-16(20(26)24-17-7-5-15(6-8-17)21(27)28)14-23-18-3-1-2-4-19(18)25-9-11-29-12-10-25/h1-8,14,23H,9-12H2,(H,24,26)(H,27,28)/b16-14-. The van der Waals surface area contributed by atoms with E-state index in [2.05, 4.69) is 15.5 Å². The Labute approximate surface area is 168 Å². The van der Waals surface area contributed by atoms with Crippen molar-refractivity contribution >= 4 is 28.9 Å². The van der Waals surface area contributed by atoms with Gasteiger partial charge >= 0.3 is 5.97 Å². The maximum atomic E-state index is 12.4. The highest BCUT2D eigenvalue weighted by Gasteiger charge is 2.15. The van der Waals surface area contributed by atoms with Gasteiger partial charge in [-0.25, -0.2) is 4.79 Å². The van der Waals surface area contributed by atoms with Crippen LogP contribution in [-0.2, 0) is 9.53 Å². The van der Waals surface area contributed by atoms with Crippen LogP contribution in [0.4, 0.5) is 17.1 Å². The molecule has 8 nitrogen and oxygen atoms in total. The molecule has 0 aromatic heterocycles. The third-order valence-electron chi connectivity index (χ3n) is 4.38. The molecule has 29 heavy (non-hydrogen) atoms. The van der Waals surface area contributed by atoms with Crippen molar-refractivity contribution in [1.29, 1.82) is 5.26 Å². The summed E-state index contributed by atoms with van der Waals surface area (Å²) in [5, 5.41) is 23.9. The molecule has 1 fully saturated rings. The van der Waals surface area contributed by atoms with Crippen LogP contribution in [0.25, 0.3) is 0 Å². The Morgan fingerprint density at radius 2 is 1.79 bits per heavy atom. The molecule has 3 N–H and O–H groups in total. The zero-order valence-corrected chi connectivity index (χ0v) is 15.6. The van der Waals surface area contributed by atoms with Gasteiger partial charge in [-0.1, -0.05) is 12.1 Å². The first kappa shape index (κ1) is 19.9. The van der Waals surface area contributed by atoms with Gasteiger partial charge in [-0.05, 0) is 36.4 Å². The summed E-state index contributed by atoms with van der Waals surface area (Å²) in [4.78, 5) is 25.5. The van der Waals surface area contributed by atoms with Crippen molar-refractivity contribution in [3.63, 3.8) is 0 Å². The lowest BCUT2D eigenvalue weighted by atomic mass is 10.2. The number of nitriles is 1. The molecule has 2 aromatic rings. The molecule has 8 heteroatoms. The second kappa shape index (κ2) is 9.39. The van der Waals surface area contributed by atoms with E-state index in [-0.39, 0.29) is 11.1 Å². The SMILES string of the molecule is N#C/C(=C/Nc1ccccc1N1CCOCC1)C(=O)Nc1ccc(C(=O)O)cc1. The molecule has 1 aliphatic rings. The topological polar surface area (TPSA) is 115 Å². The summed E-state index contributed by atoms with van der Waals surface area (Å²) < 4.78 is 5.38. The fourth-order valence-electron chi connectivity index (χ4n) is 2.87. The maximum Gasteiger partial charge on any atom is 0.335 e. The molecule has 1 heterocycles. The summed E-state index contributed by atoms with van der Waals surface area (Å²) in [7, 11) is 0. The van der Waals surface area contributed by atoms with Gasteiger partial charge in [-0.15, -0.1) is 0 Å². The third-order valence-corrected chi connectivity index (χ3v) is 4.38. The minimum Gasteiger partial charge on any atom is -0.478 e. The third kappa shape index (κ3) is 5.12. The van der Waals surface area contributed by atoms with Gasteiger partial charge in [0.05, 0.1) is 30.2 Å². The van der Waals surface area contributed by atoms with Gasteiger partial charge in [-0.2, -0.15) is 5.26 Å². The first-order chi connectivity index (χ1) is 14.1. The number of para-hydroxylation sites is 2. The molecule has 0 bridgehead atoms. The Bertz CT molecular complexity index is 957. The number of carbonyl (C=O) groups is 2. The van der Waals surface area contributed by atoms with Crippen molar-refractivity contribution in [1.82, 2.24) is 0 Å². The number of nitrogens with one attached hydrogen (secondary N) is 2. The zero-order valence-electron chi connectivity index (χ0n) is 15.6. The molecule has 1 aliphatic heterocycles. The van der Waals surface area contributed by atoms with Gasteiger partial charge in [-0.3, -0.25) is 4.79 Å². The molecule has 0 aliphatic carbocycles. The maximum absolute atomic E-state index is 12.4. The Morgan fingerprint density at radius 3 is 2.45 bits per heavy atom. The number of carbonyl (C=O) groups excluding carboxylic acids is 1. The summed E-state index contributed by atoms with van der Waals surface area (Å²) in [6, 6.07) is 15.2. The number of carboxylic acid groups (broad SMARTS) is 1. The van der Waals surface area contributed by atoms with Crippen LogP contribution in [0, 0.1) is 11.3 Å². The number of aromatic carboxylic acids is 1. The van der Waals surface area contributed by atoms with E-state index in [0.717, 1.165) is 24.5 Å².